The fourth-order valence-corrected chi connectivity index (χ4v) is 1.51. The minimum absolute atomic E-state index is 0.0997. The van der Waals surface area contributed by atoms with Crippen molar-refractivity contribution in [3.8, 4) is 5.75 Å². The summed E-state index contributed by atoms with van der Waals surface area (Å²) in [5.74, 6) is -0.478. The Balaban J connectivity index is 2.71. The molecule has 20 heavy (non-hydrogen) atoms. The first-order valence-corrected chi connectivity index (χ1v) is 5.89. The monoisotopic (exact) mass is 282 g/mol. The van der Waals surface area contributed by atoms with E-state index in [4.69, 9.17) is 14.6 Å². The average molecular weight is 282 g/mol. The van der Waals surface area contributed by atoms with E-state index in [1.54, 1.807) is 38.4 Å². The normalized spacial score (nSPS) is 11.6. The molecular weight excluding hydrogens is 264 g/mol. The zero-order valence-electron chi connectivity index (χ0n) is 11.6. The zero-order valence-corrected chi connectivity index (χ0v) is 11.6. The Morgan fingerprint density at radius 2 is 1.90 bits per heavy atom. The van der Waals surface area contributed by atoms with Crippen LogP contribution in [0.2, 0.25) is 0 Å². The van der Waals surface area contributed by atoms with Crippen molar-refractivity contribution in [1.82, 2.24) is 5.32 Å². The van der Waals surface area contributed by atoms with Crippen LogP contribution in [0.15, 0.2) is 24.3 Å². The highest BCUT2D eigenvalue weighted by molar-refractivity contribution is 5.94. The number of carboxylic acid groups (broad SMARTS) is 1. The van der Waals surface area contributed by atoms with Crippen LogP contribution < -0.4 is 15.0 Å². The molecule has 110 valence electrons. The number of ether oxygens (including phenoxy) is 2. The fourth-order valence-electron chi connectivity index (χ4n) is 1.51. The largest absolute Gasteiger partial charge is 0.497 e. The quantitative estimate of drug-likeness (QED) is 0.810. The molecule has 1 rings (SSSR count). The van der Waals surface area contributed by atoms with Crippen molar-refractivity contribution in [2.45, 2.75) is 6.04 Å². The second kappa shape index (κ2) is 7.34. The molecular formula is C13H18N2O5. The maximum atomic E-state index is 12.0. The van der Waals surface area contributed by atoms with E-state index in [9.17, 15) is 9.59 Å². The highest BCUT2D eigenvalue weighted by atomic mass is 16.5. The summed E-state index contributed by atoms with van der Waals surface area (Å²) in [6, 6.07) is 5.20. The van der Waals surface area contributed by atoms with E-state index < -0.39 is 18.0 Å². The molecule has 0 bridgehead atoms. The third-order valence-electron chi connectivity index (χ3n) is 2.69. The molecule has 0 saturated carbocycles. The van der Waals surface area contributed by atoms with Crippen LogP contribution in [0.4, 0.5) is 10.5 Å². The molecule has 0 fully saturated rings. The van der Waals surface area contributed by atoms with Gasteiger partial charge < -0.3 is 19.9 Å². The predicted molar refractivity (Wildman–Crippen MR) is 73.2 cm³/mol. The van der Waals surface area contributed by atoms with Gasteiger partial charge in [-0.05, 0) is 24.3 Å². The van der Waals surface area contributed by atoms with Gasteiger partial charge in [0.2, 0.25) is 0 Å². The van der Waals surface area contributed by atoms with Crippen LogP contribution in [0.3, 0.4) is 0 Å². The van der Waals surface area contributed by atoms with E-state index in [1.807, 2.05) is 0 Å². The van der Waals surface area contributed by atoms with Crippen LogP contribution >= 0.6 is 0 Å². The number of amides is 2. The number of nitrogens with one attached hydrogen (secondary N) is 1. The highest BCUT2D eigenvalue weighted by Gasteiger charge is 2.22. The third kappa shape index (κ3) is 4.13. The van der Waals surface area contributed by atoms with Crippen molar-refractivity contribution in [2.24, 2.45) is 0 Å². The number of carbonyl (C=O) groups excluding carboxylic acids is 1. The summed E-state index contributed by atoms with van der Waals surface area (Å²) >= 11 is 0. The summed E-state index contributed by atoms with van der Waals surface area (Å²) in [7, 11) is 4.46. The molecule has 0 aromatic heterocycles. The molecule has 0 heterocycles. The van der Waals surface area contributed by atoms with Gasteiger partial charge in [0.05, 0.1) is 13.7 Å². The Bertz CT molecular complexity index is 460. The molecule has 2 N–H and O–H groups in total. The van der Waals surface area contributed by atoms with Gasteiger partial charge in [0.1, 0.15) is 5.75 Å². The molecule has 0 aliphatic rings. The van der Waals surface area contributed by atoms with Crippen LogP contribution in [-0.4, -0.2) is 51.0 Å². The molecule has 7 heteroatoms. The van der Waals surface area contributed by atoms with E-state index in [-0.39, 0.29) is 6.61 Å². The van der Waals surface area contributed by atoms with E-state index in [0.29, 0.717) is 11.4 Å². The van der Waals surface area contributed by atoms with Gasteiger partial charge in [-0.2, -0.15) is 0 Å². The van der Waals surface area contributed by atoms with Crippen LogP contribution in [0.5, 0.6) is 5.75 Å². The highest BCUT2D eigenvalue weighted by Crippen LogP contribution is 2.18. The van der Waals surface area contributed by atoms with Gasteiger partial charge in [-0.15, -0.1) is 0 Å². The smallest absolute Gasteiger partial charge is 0.328 e. The number of benzene rings is 1. The molecule has 2 amide bonds. The van der Waals surface area contributed by atoms with Gasteiger partial charge >= 0.3 is 12.0 Å². The number of aliphatic carboxylic acids is 1. The van der Waals surface area contributed by atoms with Crippen LogP contribution in [0.1, 0.15) is 0 Å². The second-order valence-electron chi connectivity index (χ2n) is 4.05. The molecule has 1 aromatic rings. The van der Waals surface area contributed by atoms with Crippen LogP contribution in [0, 0.1) is 0 Å². The Hall–Kier alpha value is -2.28. The molecule has 0 spiro atoms. The van der Waals surface area contributed by atoms with Gasteiger partial charge in [-0.1, -0.05) is 0 Å². The van der Waals surface area contributed by atoms with Crippen molar-refractivity contribution >= 4 is 17.7 Å². The summed E-state index contributed by atoms with van der Waals surface area (Å²) in [5, 5.41) is 11.3. The number of urea groups is 1. The molecule has 1 atom stereocenters. The number of hydrogen-bond donors (Lipinski definition) is 2. The number of hydrogen-bond acceptors (Lipinski definition) is 4. The number of rotatable bonds is 6. The molecule has 7 nitrogen and oxygen atoms in total. The first-order chi connectivity index (χ1) is 9.49. The van der Waals surface area contributed by atoms with Crippen molar-refractivity contribution in [1.29, 1.82) is 0 Å². The van der Waals surface area contributed by atoms with Gasteiger partial charge in [-0.3, -0.25) is 4.90 Å². The van der Waals surface area contributed by atoms with Crippen molar-refractivity contribution in [3.05, 3.63) is 24.3 Å². The lowest BCUT2D eigenvalue weighted by Gasteiger charge is -2.21. The van der Waals surface area contributed by atoms with Gasteiger partial charge in [0.15, 0.2) is 6.04 Å². The molecule has 1 aromatic carbocycles. The van der Waals surface area contributed by atoms with Crippen molar-refractivity contribution in [3.63, 3.8) is 0 Å². The van der Waals surface area contributed by atoms with E-state index in [0.717, 1.165) is 0 Å². The zero-order chi connectivity index (χ0) is 15.1. The van der Waals surface area contributed by atoms with Gasteiger partial charge in [0.25, 0.3) is 0 Å². The minimum atomic E-state index is -1.15. The standard InChI is InChI=1S/C13H18N2O5/c1-15(9-4-6-10(20-3)7-5-9)13(18)14-11(8-19-2)12(16)17/h4-7,11H,8H2,1-3H3,(H,14,18)(H,16,17). The molecule has 1 unspecified atom stereocenters. The minimum Gasteiger partial charge on any atom is -0.497 e. The maximum Gasteiger partial charge on any atom is 0.328 e. The topological polar surface area (TPSA) is 88.1 Å². The molecule has 0 aliphatic carbocycles. The molecule has 0 saturated heterocycles. The maximum absolute atomic E-state index is 12.0. The summed E-state index contributed by atoms with van der Waals surface area (Å²) < 4.78 is 9.78. The summed E-state index contributed by atoms with van der Waals surface area (Å²) in [6.45, 7) is -0.0997. The number of carbonyl (C=O) groups is 2. The summed E-state index contributed by atoms with van der Waals surface area (Å²) in [5.41, 5.74) is 0.616. The summed E-state index contributed by atoms with van der Waals surface area (Å²) in [6.07, 6.45) is 0. The molecule has 0 radical (unpaired) electrons. The van der Waals surface area contributed by atoms with Crippen molar-refractivity contribution < 1.29 is 24.2 Å². The second-order valence-corrected chi connectivity index (χ2v) is 4.05. The fraction of sp³-hybridized carbons (Fsp3) is 0.385. The third-order valence-corrected chi connectivity index (χ3v) is 2.69. The predicted octanol–water partition coefficient (Wildman–Crippen LogP) is 0.941. The lowest BCUT2D eigenvalue weighted by atomic mass is 10.3. The summed E-state index contributed by atoms with van der Waals surface area (Å²) in [4.78, 5) is 24.2. The van der Waals surface area contributed by atoms with E-state index >= 15 is 0 Å². The van der Waals surface area contributed by atoms with Gasteiger partial charge in [-0.25, -0.2) is 9.59 Å². The van der Waals surface area contributed by atoms with Crippen LogP contribution in [-0.2, 0) is 9.53 Å². The number of carboxylic acids is 1. The average Bonchev–Trinajstić information content (AvgIpc) is 2.45. The number of methoxy groups -OCH3 is 2. The number of anilines is 1. The lowest BCUT2D eigenvalue weighted by molar-refractivity contribution is -0.140. The lowest BCUT2D eigenvalue weighted by Crippen LogP contribution is -2.48. The SMILES string of the molecule is COCC(NC(=O)N(C)c1ccc(OC)cc1)C(=O)O. The van der Waals surface area contributed by atoms with Crippen molar-refractivity contribution in [2.75, 3.05) is 32.8 Å². The molecule has 0 aliphatic heterocycles. The van der Waals surface area contributed by atoms with Crippen LogP contribution in [0.25, 0.3) is 0 Å². The number of nitrogens with zero attached hydrogens (tertiary/aromatic N) is 1. The van der Waals surface area contributed by atoms with E-state index in [2.05, 4.69) is 5.32 Å². The Morgan fingerprint density at radius 1 is 1.30 bits per heavy atom. The Morgan fingerprint density at radius 3 is 2.35 bits per heavy atom. The Kier molecular flexibility index (Phi) is 5.79. The first kappa shape index (κ1) is 15.8. The Labute approximate surface area is 117 Å². The van der Waals surface area contributed by atoms with Gasteiger partial charge in [0, 0.05) is 19.8 Å². The van der Waals surface area contributed by atoms with E-state index in [1.165, 1.54) is 12.0 Å². The first-order valence-electron chi connectivity index (χ1n) is 5.89.